The molecule has 3 atom stereocenters. The van der Waals surface area contributed by atoms with Gasteiger partial charge in [0.05, 0.1) is 0 Å². The Balaban J connectivity index is 1.91. The number of nitrogens with zero attached hydrogens (tertiary/aromatic N) is 1. The Labute approximate surface area is 126 Å². The molecule has 4 rings (SSSR count). The molecule has 3 nitrogen and oxygen atoms in total. The zero-order valence-corrected chi connectivity index (χ0v) is 12.8. The number of ether oxygens (including phenoxy) is 1. The van der Waals surface area contributed by atoms with Crippen LogP contribution in [-0.4, -0.2) is 37.1 Å². The molecule has 0 N–H and O–H groups in total. The molecule has 1 fully saturated rings. The summed E-state index contributed by atoms with van der Waals surface area (Å²) in [5.41, 5.74) is 2.64. The largest absolute Gasteiger partial charge is 0.461 e. The Hall–Kier alpha value is -1.61. The maximum absolute atomic E-state index is 11.1. The van der Waals surface area contributed by atoms with E-state index in [9.17, 15) is 4.79 Å². The number of allylic oxidation sites excluding steroid dienone is 1. The van der Waals surface area contributed by atoms with E-state index in [0.29, 0.717) is 24.5 Å². The smallest absolute Gasteiger partial charge is 0.302 e. The van der Waals surface area contributed by atoms with Gasteiger partial charge in [0.1, 0.15) is 6.61 Å². The molecule has 0 radical (unpaired) electrons. The summed E-state index contributed by atoms with van der Waals surface area (Å²) in [5.74, 6) is 0.892. The van der Waals surface area contributed by atoms with Gasteiger partial charge in [-0.3, -0.25) is 9.69 Å². The Morgan fingerprint density at radius 3 is 2.71 bits per heavy atom. The molecule has 0 amide bonds. The van der Waals surface area contributed by atoms with Crippen LogP contribution >= 0.6 is 0 Å². The number of benzene rings is 1. The van der Waals surface area contributed by atoms with Gasteiger partial charge in [-0.05, 0) is 36.9 Å². The lowest BCUT2D eigenvalue weighted by Gasteiger charge is -2.36. The lowest BCUT2D eigenvalue weighted by Crippen LogP contribution is -2.41. The van der Waals surface area contributed by atoms with E-state index >= 15 is 0 Å². The second-order valence-electron chi connectivity index (χ2n) is 6.25. The van der Waals surface area contributed by atoms with Gasteiger partial charge in [-0.15, -0.1) is 0 Å². The van der Waals surface area contributed by atoms with Crippen LogP contribution in [0.5, 0.6) is 0 Å². The molecular weight excluding hydrogens is 262 g/mol. The van der Waals surface area contributed by atoms with Gasteiger partial charge in [0.2, 0.25) is 0 Å². The molecule has 1 aromatic rings. The number of hydrogen-bond acceptors (Lipinski definition) is 3. The third-order valence-corrected chi connectivity index (χ3v) is 4.82. The molecule has 2 aliphatic heterocycles. The fraction of sp³-hybridized carbons (Fsp3) is 0.500. The molecule has 0 saturated carbocycles. The van der Waals surface area contributed by atoms with Gasteiger partial charge in [0, 0.05) is 25.4 Å². The number of carbonyl (C=O) groups excluding carboxylic acids is 1. The van der Waals surface area contributed by atoms with Gasteiger partial charge in [-0.25, -0.2) is 0 Å². The normalized spacial score (nSPS) is 28.9. The lowest BCUT2D eigenvalue weighted by molar-refractivity contribution is -0.140. The van der Waals surface area contributed by atoms with Gasteiger partial charge >= 0.3 is 5.97 Å². The molecule has 112 valence electrons. The minimum Gasteiger partial charge on any atom is -0.461 e. The number of carbonyl (C=O) groups is 1. The first-order valence-corrected chi connectivity index (χ1v) is 7.74. The maximum atomic E-state index is 11.1. The molecule has 2 bridgehead atoms. The van der Waals surface area contributed by atoms with Gasteiger partial charge in [-0.2, -0.15) is 0 Å². The number of esters is 1. The summed E-state index contributed by atoms with van der Waals surface area (Å²) in [4.78, 5) is 13.6. The number of fused-ring (bicyclic) bond motifs is 3. The van der Waals surface area contributed by atoms with E-state index in [1.165, 1.54) is 24.5 Å². The van der Waals surface area contributed by atoms with Crippen molar-refractivity contribution in [3.05, 3.63) is 47.5 Å². The molecule has 1 aromatic carbocycles. The first-order chi connectivity index (χ1) is 10.1. The Kier molecular flexibility index (Phi) is 4.11. The van der Waals surface area contributed by atoms with Crippen LogP contribution in [-0.2, 0) is 9.53 Å². The first-order valence-electron chi connectivity index (χ1n) is 7.74. The molecular formula is C18H23NO2. The fourth-order valence-corrected chi connectivity index (χ4v) is 3.79. The lowest BCUT2D eigenvalue weighted by atomic mass is 9.82. The zero-order valence-electron chi connectivity index (χ0n) is 12.8. The SMILES string of the molecule is CC(=O)OCC1=C[C@H](c2ccccc2)[C@@H]2CC[C@H]1N(C)C2. The summed E-state index contributed by atoms with van der Waals surface area (Å²) in [5, 5.41) is 0. The number of likely N-dealkylation sites (N-methyl/N-ethyl adjacent to an activating group) is 1. The molecule has 3 aliphatic rings. The fourth-order valence-electron chi connectivity index (χ4n) is 3.79. The van der Waals surface area contributed by atoms with Crippen molar-refractivity contribution >= 4 is 5.97 Å². The van der Waals surface area contributed by atoms with Crippen LogP contribution in [0.1, 0.15) is 31.2 Å². The summed E-state index contributed by atoms with van der Waals surface area (Å²) >= 11 is 0. The topological polar surface area (TPSA) is 29.5 Å². The average Bonchev–Trinajstić information content (AvgIpc) is 2.73. The van der Waals surface area contributed by atoms with Crippen molar-refractivity contribution in [2.45, 2.75) is 31.7 Å². The Bertz CT molecular complexity index is 537. The van der Waals surface area contributed by atoms with Crippen LogP contribution in [0, 0.1) is 5.92 Å². The van der Waals surface area contributed by atoms with Crippen LogP contribution in [0.25, 0.3) is 0 Å². The monoisotopic (exact) mass is 285 g/mol. The summed E-state index contributed by atoms with van der Waals surface area (Å²) < 4.78 is 5.29. The zero-order chi connectivity index (χ0) is 14.8. The van der Waals surface area contributed by atoms with Crippen LogP contribution < -0.4 is 0 Å². The van der Waals surface area contributed by atoms with Crippen molar-refractivity contribution < 1.29 is 9.53 Å². The average molecular weight is 285 g/mol. The molecule has 2 heterocycles. The molecule has 21 heavy (non-hydrogen) atoms. The molecule has 0 spiro atoms. The van der Waals surface area contributed by atoms with Crippen molar-refractivity contribution in [1.29, 1.82) is 0 Å². The summed E-state index contributed by atoms with van der Waals surface area (Å²) in [6, 6.07) is 11.1. The minimum atomic E-state index is -0.200. The predicted octanol–water partition coefficient (Wildman–Crippen LogP) is 2.98. The van der Waals surface area contributed by atoms with E-state index in [-0.39, 0.29) is 5.97 Å². The summed E-state index contributed by atoms with van der Waals surface area (Å²) in [7, 11) is 2.19. The highest BCUT2D eigenvalue weighted by Gasteiger charge is 2.36. The van der Waals surface area contributed by atoms with Crippen LogP contribution in [0.3, 0.4) is 0 Å². The number of piperidine rings is 1. The molecule has 0 unspecified atom stereocenters. The standard InChI is InChI=1S/C18H23NO2/c1-13(20)21-12-16-10-17(14-6-4-3-5-7-14)15-8-9-18(16)19(2)11-15/h3-7,10,15,17-18H,8-9,11-12H2,1-2H3/t15-,17-,18-/m1/s1. The number of rotatable bonds is 3. The van der Waals surface area contributed by atoms with Crippen LogP contribution in [0.2, 0.25) is 0 Å². The molecule has 1 aliphatic carbocycles. The summed E-state index contributed by atoms with van der Waals surface area (Å²) in [6.07, 6.45) is 4.77. The Morgan fingerprint density at radius 2 is 2.05 bits per heavy atom. The quantitative estimate of drug-likeness (QED) is 0.631. The third kappa shape index (κ3) is 3.03. The Morgan fingerprint density at radius 1 is 1.29 bits per heavy atom. The number of hydrogen-bond donors (Lipinski definition) is 0. The minimum absolute atomic E-state index is 0.200. The van der Waals surface area contributed by atoms with Crippen molar-refractivity contribution in [2.75, 3.05) is 20.2 Å². The third-order valence-electron chi connectivity index (χ3n) is 4.82. The van der Waals surface area contributed by atoms with Crippen molar-refractivity contribution in [3.8, 4) is 0 Å². The second-order valence-corrected chi connectivity index (χ2v) is 6.25. The van der Waals surface area contributed by atoms with Crippen molar-refractivity contribution in [2.24, 2.45) is 5.92 Å². The summed E-state index contributed by atoms with van der Waals surface area (Å²) in [6.45, 7) is 3.03. The van der Waals surface area contributed by atoms with Gasteiger partial charge in [0.15, 0.2) is 0 Å². The highest BCUT2D eigenvalue weighted by molar-refractivity contribution is 5.66. The van der Waals surface area contributed by atoms with E-state index < -0.39 is 0 Å². The van der Waals surface area contributed by atoms with Gasteiger partial charge in [0.25, 0.3) is 0 Å². The van der Waals surface area contributed by atoms with Crippen molar-refractivity contribution in [3.63, 3.8) is 0 Å². The van der Waals surface area contributed by atoms with Crippen molar-refractivity contribution in [1.82, 2.24) is 4.90 Å². The first kappa shape index (κ1) is 14.3. The molecule has 1 saturated heterocycles. The van der Waals surface area contributed by atoms with E-state index in [2.05, 4.69) is 48.4 Å². The van der Waals surface area contributed by atoms with Gasteiger partial charge < -0.3 is 4.74 Å². The van der Waals surface area contributed by atoms with E-state index in [4.69, 9.17) is 4.74 Å². The van der Waals surface area contributed by atoms with Gasteiger partial charge in [-0.1, -0.05) is 36.4 Å². The molecule has 3 heteroatoms. The van der Waals surface area contributed by atoms with E-state index in [0.717, 1.165) is 13.0 Å². The van der Waals surface area contributed by atoms with E-state index in [1.807, 2.05) is 0 Å². The molecule has 0 aromatic heterocycles. The van der Waals surface area contributed by atoms with E-state index in [1.54, 1.807) is 0 Å². The second kappa shape index (κ2) is 6.02. The highest BCUT2D eigenvalue weighted by Crippen LogP contribution is 2.40. The predicted molar refractivity (Wildman–Crippen MR) is 83.0 cm³/mol. The highest BCUT2D eigenvalue weighted by atomic mass is 16.5. The van der Waals surface area contributed by atoms with Crippen LogP contribution in [0.15, 0.2) is 42.0 Å². The van der Waals surface area contributed by atoms with Crippen LogP contribution in [0.4, 0.5) is 0 Å². The maximum Gasteiger partial charge on any atom is 0.302 e.